The van der Waals surface area contributed by atoms with Crippen LogP contribution < -0.4 is 5.32 Å². The van der Waals surface area contributed by atoms with Crippen LogP contribution in [0, 0.1) is 18.8 Å². The van der Waals surface area contributed by atoms with Crippen LogP contribution in [0.2, 0.25) is 0 Å². The van der Waals surface area contributed by atoms with Crippen molar-refractivity contribution in [1.82, 2.24) is 14.9 Å². The van der Waals surface area contributed by atoms with E-state index in [9.17, 15) is 4.79 Å². The molecule has 21 heavy (non-hydrogen) atoms. The molecule has 0 saturated heterocycles. The zero-order valence-electron chi connectivity index (χ0n) is 12.1. The lowest BCUT2D eigenvalue weighted by molar-refractivity contribution is 0.0949. The van der Waals surface area contributed by atoms with Crippen molar-refractivity contribution in [2.24, 2.45) is 7.05 Å². The lowest BCUT2D eigenvalue weighted by atomic mass is 10.0. The van der Waals surface area contributed by atoms with E-state index in [1.54, 1.807) is 12.3 Å². The number of aliphatic hydroxyl groups excluding tert-OH is 1. The van der Waals surface area contributed by atoms with Crippen LogP contribution in [-0.4, -0.2) is 27.2 Å². The van der Waals surface area contributed by atoms with E-state index < -0.39 is 0 Å². The van der Waals surface area contributed by atoms with Gasteiger partial charge >= 0.3 is 0 Å². The second kappa shape index (κ2) is 6.73. The summed E-state index contributed by atoms with van der Waals surface area (Å²) in [7, 11) is 1.87. The standard InChI is InChI=1S/C16H17N3O2/c1-12-5-6-14(13(10-12)4-3-9-20)16(21)18-11-15-17-7-8-19(15)2/h5-8,10,20H,9,11H2,1-2H3,(H,18,21). The van der Waals surface area contributed by atoms with Gasteiger partial charge in [0, 0.05) is 25.0 Å². The quantitative estimate of drug-likeness (QED) is 0.826. The molecule has 0 aliphatic carbocycles. The molecule has 108 valence electrons. The lowest BCUT2D eigenvalue weighted by Crippen LogP contribution is -2.25. The molecule has 2 rings (SSSR count). The number of benzene rings is 1. The number of hydrogen-bond donors (Lipinski definition) is 2. The van der Waals surface area contributed by atoms with Crippen molar-refractivity contribution in [2.45, 2.75) is 13.5 Å². The molecule has 0 bridgehead atoms. The minimum Gasteiger partial charge on any atom is -0.384 e. The highest BCUT2D eigenvalue weighted by Crippen LogP contribution is 2.11. The summed E-state index contributed by atoms with van der Waals surface area (Å²) in [5.74, 6) is 5.95. The normalized spacial score (nSPS) is 9.86. The molecule has 1 aromatic heterocycles. The highest BCUT2D eigenvalue weighted by molar-refractivity contribution is 5.96. The van der Waals surface area contributed by atoms with Gasteiger partial charge in [-0.2, -0.15) is 0 Å². The fraction of sp³-hybridized carbons (Fsp3) is 0.250. The van der Waals surface area contributed by atoms with E-state index in [-0.39, 0.29) is 12.5 Å². The average molecular weight is 283 g/mol. The lowest BCUT2D eigenvalue weighted by Gasteiger charge is -2.08. The Bertz CT molecular complexity index is 708. The first-order valence-electron chi connectivity index (χ1n) is 6.56. The maximum absolute atomic E-state index is 12.3. The molecule has 0 spiro atoms. The summed E-state index contributed by atoms with van der Waals surface area (Å²) in [5.41, 5.74) is 2.12. The number of imidazole rings is 1. The van der Waals surface area contributed by atoms with Crippen molar-refractivity contribution >= 4 is 5.91 Å². The first kappa shape index (κ1) is 14.8. The molecule has 1 amide bonds. The minimum atomic E-state index is -0.234. The van der Waals surface area contributed by atoms with Crippen molar-refractivity contribution in [3.05, 3.63) is 53.1 Å². The maximum Gasteiger partial charge on any atom is 0.252 e. The van der Waals surface area contributed by atoms with Crippen molar-refractivity contribution in [2.75, 3.05) is 6.61 Å². The van der Waals surface area contributed by atoms with Crippen LogP contribution in [0.3, 0.4) is 0 Å². The summed E-state index contributed by atoms with van der Waals surface area (Å²) in [4.78, 5) is 16.4. The number of aromatic nitrogens is 2. The summed E-state index contributed by atoms with van der Waals surface area (Å²) < 4.78 is 1.85. The second-order valence-corrected chi connectivity index (χ2v) is 4.65. The molecule has 2 N–H and O–H groups in total. The van der Waals surface area contributed by atoms with Crippen LogP contribution in [0.25, 0.3) is 0 Å². The van der Waals surface area contributed by atoms with Crippen molar-refractivity contribution in [3.8, 4) is 11.8 Å². The van der Waals surface area contributed by atoms with E-state index >= 15 is 0 Å². The predicted molar refractivity (Wildman–Crippen MR) is 79.5 cm³/mol. The molecular weight excluding hydrogens is 266 g/mol. The summed E-state index contributed by atoms with van der Waals surface area (Å²) in [6.45, 7) is 2.05. The fourth-order valence-electron chi connectivity index (χ4n) is 1.92. The van der Waals surface area contributed by atoms with Gasteiger partial charge in [-0.3, -0.25) is 4.79 Å². The first-order chi connectivity index (χ1) is 10.1. The largest absolute Gasteiger partial charge is 0.384 e. The van der Waals surface area contributed by atoms with Crippen LogP contribution in [0.4, 0.5) is 0 Å². The van der Waals surface area contributed by atoms with Gasteiger partial charge in [0.2, 0.25) is 0 Å². The summed E-state index contributed by atoms with van der Waals surface area (Å²) >= 11 is 0. The molecule has 0 aliphatic heterocycles. The summed E-state index contributed by atoms with van der Waals surface area (Å²) in [6, 6.07) is 5.43. The van der Waals surface area contributed by atoms with E-state index in [0.717, 1.165) is 11.4 Å². The Hall–Kier alpha value is -2.58. The zero-order chi connectivity index (χ0) is 15.2. The monoisotopic (exact) mass is 283 g/mol. The smallest absolute Gasteiger partial charge is 0.252 e. The van der Waals surface area contributed by atoms with Gasteiger partial charge in [-0.05, 0) is 24.6 Å². The zero-order valence-corrected chi connectivity index (χ0v) is 12.1. The second-order valence-electron chi connectivity index (χ2n) is 4.65. The molecule has 5 heteroatoms. The number of carbonyl (C=O) groups excluding carboxylic acids is 1. The van der Waals surface area contributed by atoms with Crippen LogP contribution in [0.5, 0.6) is 0 Å². The maximum atomic E-state index is 12.3. The van der Waals surface area contributed by atoms with Gasteiger partial charge in [-0.1, -0.05) is 17.9 Å². The van der Waals surface area contributed by atoms with Crippen LogP contribution in [-0.2, 0) is 13.6 Å². The van der Waals surface area contributed by atoms with Gasteiger partial charge in [-0.25, -0.2) is 4.98 Å². The number of nitrogens with zero attached hydrogens (tertiary/aromatic N) is 2. The first-order valence-corrected chi connectivity index (χ1v) is 6.56. The van der Waals surface area contributed by atoms with E-state index in [0.29, 0.717) is 17.7 Å². The Labute approximate surface area is 123 Å². The van der Waals surface area contributed by atoms with Gasteiger partial charge in [0.25, 0.3) is 5.91 Å². The van der Waals surface area contributed by atoms with Gasteiger partial charge in [0.1, 0.15) is 12.4 Å². The molecule has 1 aromatic carbocycles. The molecule has 1 heterocycles. The summed E-state index contributed by atoms with van der Waals surface area (Å²) in [6.07, 6.45) is 3.51. The number of rotatable bonds is 3. The van der Waals surface area contributed by atoms with E-state index in [2.05, 4.69) is 22.1 Å². The number of aryl methyl sites for hydroxylation is 2. The Morgan fingerprint density at radius 1 is 1.48 bits per heavy atom. The molecule has 0 unspecified atom stereocenters. The average Bonchev–Trinajstić information content (AvgIpc) is 2.88. The molecule has 5 nitrogen and oxygen atoms in total. The molecule has 0 fully saturated rings. The predicted octanol–water partition coefficient (Wildman–Crippen LogP) is 1.00. The summed E-state index contributed by atoms with van der Waals surface area (Å²) in [5, 5.41) is 11.6. The van der Waals surface area contributed by atoms with Crippen LogP contribution in [0.1, 0.15) is 27.3 Å². The third-order valence-electron chi connectivity index (χ3n) is 3.05. The molecule has 0 radical (unpaired) electrons. The molecule has 2 aromatic rings. The van der Waals surface area contributed by atoms with E-state index in [1.165, 1.54) is 0 Å². The third-order valence-corrected chi connectivity index (χ3v) is 3.05. The minimum absolute atomic E-state index is 0.208. The fourth-order valence-corrected chi connectivity index (χ4v) is 1.92. The van der Waals surface area contributed by atoms with Gasteiger partial charge in [-0.15, -0.1) is 0 Å². The Morgan fingerprint density at radius 3 is 2.95 bits per heavy atom. The SMILES string of the molecule is Cc1ccc(C(=O)NCc2nccn2C)c(C#CCO)c1. The molecule has 0 saturated carbocycles. The Balaban J connectivity index is 2.17. The van der Waals surface area contributed by atoms with Gasteiger partial charge < -0.3 is 15.0 Å². The molecular formula is C16H17N3O2. The topological polar surface area (TPSA) is 67.2 Å². The number of hydrogen-bond acceptors (Lipinski definition) is 3. The third kappa shape index (κ3) is 3.71. The highest BCUT2D eigenvalue weighted by Gasteiger charge is 2.11. The highest BCUT2D eigenvalue weighted by atomic mass is 16.2. The van der Waals surface area contributed by atoms with Crippen LogP contribution >= 0.6 is 0 Å². The van der Waals surface area contributed by atoms with Crippen molar-refractivity contribution < 1.29 is 9.90 Å². The van der Waals surface area contributed by atoms with Crippen LogP contribution in [0.15, 0.2) is 30.6 Å². The number of carbonyl (C=O) groups is 1. The molecule has 0 atom stereocenters. The van der Waals surface area contributed by atoms with Gasteiger partial charge in [0.15, 0.2) is 0 Å². The van der Waals surface area contributed by atoms with Gasteiger partial charge in [0.05, 0.1) is 12.1 Å². The van der Waals surface area contributed by atoms with E-state index in [1.807, 2.05) is 36.9 Å². The van der Waals surface area contributed by atoms with Crippen molar-refractivity contribution in [1.29, 1.82) is 0 Å². The number of amides is 1. The van der Waals surface area contributed by atoms with Crippen molar-refractivity contribution in [3.63, 3.8) is 0 Å². The Kier molecular flexibility index (Phi) is 4.75. The van der Waals surface area contributed by atoms with E-state index in [4.69, 9.17) is 5.11 Å². The Morgan fingerprint density at radius 2 is 2.29 bits per heavy atom. The number of aliphatic hydroxyl groups is 1. The molecule has 0 aliphatic rings. The number of nitrogens with one attached hydrogen (secondary N) is 1.